The van der Waals surface area contributed by atoms with E-state index < -0.39 is 11.1 Å². The van der Waals surface area contributed by atoms with Crippen LogP contribution in [0.1, 0.15) is 19.4 Å². The molecule has 0 fully saturated rings. The predicted molar refractivity (Wildman–Crippen MR) is 111 cm³/mol. The molecule has 28 heavy (non-hydrogen) atoms. The van der Waals surface area contributed by atoms with Crippen LogP contribution in [0.25, 0.3) is 11.4 Å². The SMILES string of the molecule is CCn1c(S[C@H](C)C(=O)Nc2ccc(F)c(Cl)c2)nnc1-c1ccccc1C. The normalized spacial score (nSPS) is 12.0. The third-order valence-electron chi connectivity index (χ3n) is 4.26. The van der Waals surface area contributed by atoms with Crippen LogP contribution in [0.15, 0.2) is 47.6 Å². The van der Waals surface area contributed by atoms with Gasteiger partial charge >= 0.3 is 0 Å². The second-order valence-corrected chi connectivity index (χ2v) is 7.96. The first-order valence-corrected chi connectivity index (χ1v) is 10.1. The quantitative estimate of drug-likeness (QED) is 0.560. The van der Waals surface area contributed by atoms with Crippen molar-refractivity contribution >= 4 is 35.0 Å². The number of nitrogens with one attached hydrogen (secondary N) is 1. The zero-order valence-corrected chi connectivity index (χ0v) is 17.3. The molecule has 0 saturated carbocycles. The third-order valence-corrected chi connectivity index (χ3v) is 5.63. The smallest absolute Gasteiger partial charge is 0.237 e. The maximum absolute atomic E-state index is 13.3. The van der Waals surface area contributed by atoms with Crippen LogP contribution in [0.2, 0.25) is 5.02 Å². The van der Waals surface area contributed by atoms with Crippen molar-refractivity contribution in [3.8, 4) is 11.4 Å². The molecule has 0 aliphatic rings. The van der Waals surface area contributed by atoms with Crippen molar-refractivity contribution in [2.24, 2.45) is 0 Å². The zero-order chi connectivity index (χ0) is 20.3. The van der Waals surface area contributed by atoms with E-state index in [1.54, 1.807) is 6.92 Å². The second kappa shape index (κ2) is 8.75. The molecule has 0 bridgehead atoms. The Bertz CT molecular complexity index is 1010. The van der Waals surface area contributed by atoms with E-state index in [4.69, 9.17) is 11.6 Å². The van der Waals surface area contributed by atoms with Gasteiger partial charge in [0.15, 0.2) is 11.0 Å². The van der Waals surface area contributed by atoms with Crippen LogP contribution >= 0.6 is 23.4 Å². The lowest BCUT2D eigenvalue weighted by Crippen LogP contribution is -2.23. The van der Waals surface area contributed by atoms with E-state index in [9.17, 15) is 9.18 Å². The van der Waals surface area contributed by atoms with Gasteiger partial charge < -0.3 is 9.88 Å². The fourth-order valence-corrected chi connectivity index (χ4v) is 3.81. The number of aromatic nitrogens is 3. The molecule has 0 spiro atoms. The topological polar surface area (TPSA) is 59.8 Å². The van der Waals surface area contributed by atoms with Crippen molar-refractivity contribution in [2.45, 2.75) is 37.7 Å². The summed E-state index contributed by atoms with van der Waals surface area (Å²) in [5.74, 6) is 0.0265. The molecule has 2 aromatic carbocycles. The predicted octanol–water partition coefficient (Wildman–Crippen LogP) is 5.19. The minimum Gasteiger partial charge on any atom is -0.325 e. The van der Waals surface area contributed by atoms with Gasteiger partial charge in [-0.15, -0.1) is 10.2 Å². The number of aryl methyl sites for hydroxylation is 1. The highest BCUT2D eigenvalue weighted by atomic mass is 35.5. The molecule has 1 N–H and O–H groups in total. The molecule has 1 atom stereocenters. The largest absolute Gasteiger partial charge is 0.325 e. The summed E-state index contributed by atoms with van der Waals surface area (Å²) < 4.78 is 15.3. The van der Waals surface area contributed by atoms with Gasteiger partial charge in [0.2, 0.25) is 5.91 Å². The van der Waals surface area contributed by atoms with Gasteiger partial charge in [-0.3, -0.25) is 4.79 Å². The van der Waals surface area contributed by atoms with Crippen molar-refractivity contribution < 1.29 is 9.18 Å². The molecule has 0 saturated heterocycles. The summed E-state index contributed by atoms with van der Waals surface area (Å²) in [4.78, 5) is 12.5. The van der Waals surface area contributed by atoms with Gasteiger partial charge in [-0.1, -0.05) is 47.6 Å². The van der Waals surface area contributed by atoms with Crippen molar-refractivity contribution in [1.29, 1.82) is 0 Å². The number of carbonyl (C=O) groups is 1. The first-order valence-electron chi connectivity index (χ1n) is 8.82. The Morgan fingerprint density at radius 1 is 1.29 bits per heavy atom. The van der Waals surface area contributed by atoms with Gasteiger partial charge in [-0.25, -0.2) is 4.39 Å². The third kappa shape index (κ3) is 4.36. The minimum atomic E-state index is -0.526. The van der Waals surface area contributed by atoms with Gasteiger partial charge in [0.05, 0.1) is 10.3 Å². The standard InChI is InChI=1S/C20H20ClFN4OS/c1-4-26-18(15-8-6-5-7-12(15)2)24-25-20(26)28-13(3)19(27)23-14-9-10-17(22)16(21)11-14/h5-11,13H,4H2,1-3H3,(H,23,27)/t13-/m1/s1. The molecule has 3 rings (SSSR count). The molecule has 0 unspecified atom stereocenters. The van der Waals surface area contributed by atoms with E-state index in [2.05, 4.69) is 15.5 Å². The number of anilines is 1. The summed E-state index contributed by atoms with van der Waals surface area (Å²) >= 11 is 7.09. The van der Waals surface area contributed by atoms with Crippen LogP contribution in [0, 0.1) is 12.7 Å². The first-order chi connectivity index (χ1) is 13.4. The molecule has 3 aromatic rings. The molecule has 1 heterocycles. The fourth-order valence-electron chi connectivity index (χ4n) is 2.71. The summed E-state index contributed by atoms with van der Waals surface area (Å²) in [6.07, 6.45) is 0. The average Bonchev–Trinajstić information content (AvgIpc) is 3.07. The van der Waals surface area contributed by atoms with Gasteiger partial charge in [-0.05, 0) is 44.5 Å². The van der Waals surface area contributed by atoms with Gasteiger partial charge in [0.25, 0.3) is 0 Å². The minimum absolute atomic E-state index is 0.0355. The van der Waals surface area contributed by atoms with E-state index in [-0.39, 0.29) is 10.9 Å². The summed E-state index contributed by atoms with van der Waals surface area (Å²) in [6.45, 7) is 6.51. The number of benzene rings is 2. The number of hydrogen-bond acceptors (Lipinski definition) is 4. The maximum Gasteiger partial charge on any atom is 0.237 e. The lowest BCUT2D eigenvalue weighted by atomic mass is 10.1. The molecule has 146 valence electrons. The van der Waals surface area contributed by atoms with Gasteiger partial charge in [-0.2, -0.15) is 0 Å². The highest BCUT2D eigenvalue weighted by molar-refractivity contribution is 8.00. The Hall–Kier alpha value is -2.38. The number of halogens is 2. The van der Waals surface area contributed by atoms with Crippen LogP contribution in [-0.4, -0.2) is 25.9 Å². The summed E-state index contributed by atoms with van der Waals surface area (Å²) in [5.41, 5.74) is 2.57. The highest BCUT2D eigenvalue weighted by Gasteiger charge is 2.21. The summed E-state index contributed by atoms with van der Waals surface area (Å²) in [6, 6.07) is 12.1. The van der Waals surface area contributed by atoms with Gasteiger partial charge in [0.1, 0.15) is 5.82 Å². The summed E-state index contributed by atoms with van der Waals surface area (Å²) in [7, 11) is 0. The van der Waals surface area contributed by atoms with Crippen molar-refractivity contribution in [3.05, 3.63) is 58.9 Å². The molecular weight excluding hydrogens is 399 g/mol. The molecule has 1 aromatic heterocycles. The molecule has 0 aliphatic heterocycles. The molecule has 1 amide bonds. The van der Waals surface area contributed by atoms with E-state index in [1.165, 1.54) is 30.0 Å². The van der Waals surface area contributed by atoms with Crippen LogP contribution in [0.5, 0.6) is 0 Å². The molecule has 5 nitrogen and oxygen atoms in total. The number of nitrogens with zero attached hydrogens (tertiary/aromatic N) is 3. The zero-order valence-electron chi connectivity index (χ0n) is 15.7. The average molecular weight is 419 g/mol. The lowest BCUT2D eigenvalue weighted by Gasteiger charge is -2.13. The monoisotopic (exact) mass is 418 g/mol. The Labute approximate surface area is 172 Å². The molecular formula is C20H20ClFN4OS. The van der Waals surface area contributed by atoms with E-state index in [0.29, 0.717) is 17.4 Å². The van der Waals surface area contributed by atoms with Gasteiger partial charge in [0, 0.05) is 17.8 Å². The Balaban J connectivity index is 1.76. The summed E-state index contributed by atoms with van der Waals surface area (Å²) in [5, 5.41) is 11.6. The van der Waals surface area contributed by atoms with Crippen LogP contribution in [0.3, 0.4) is 0 Å². The van der Waals surface area contributed by atoms with E-state index >= 15 is 0 Å². The van der Waals surface area contributed by atoms with Crippen molar-refractivity contribution in [1.82, 2.24) is 14.8 Å². The van der Waals surface area contributed by atoms with Crippen LogP contribution in [0.4, 0.5) is 10.1 Å². The molecule has 0 radical (unpaired) electrons. The van der Waals surface area contributed by atoms with Crippen molar-refractivity contribution in [3.63, 3.8) is 0 Å². The number of rotatable bonds is 6. The first kappa shape index (κ1) is 20.4. The number of hydrogen-bond donors (Lipinski definition) is 1. The highest BCUT2D eigenvalue weighted by Crippen LogP contribution is 2.29. The Morgan fingerprint density at radius 3 is 2.71 bits per heavy atom. The molecule has 0 aliphatic carbocycles. The number of carbonyl (C=O) groups excluding carboxylic acids is 1. The molecule has 8 heteroatoms. The number of thioether (sulfide) groups is 1. The van der Waals surface area contributed by atoms with Crippen LogP contribution in [-0.2, 0) is 11.3 Å². The maximum atomic E-state index is 13.3. The lowest BCUT2D eigenvalue weighted by molar-refractivity contribution is -0.115. The fraction of sp³-hybridized carbons (Fsp3) is 0.250. The van der Waals surface area contributed by atoms with E-state index in [0.717, 1.165) is 17.0 Å². The van der Waals surface area contributed by atoms with Crippen molar-refractivity contribution in [2.75, 3.05) is 5.32 Å². The number of amides is 1. The Kier molecular flexibility index (Phi) is 6.36. The van der Waals surface area contributed by atoms with E-state index in [1.807, 2.05) is 42.7 Å². The Morgan fingerprint density at radius 2 is 2.04 bits per heavy atom. The van der Waals surface area contributed by atoms with Crippen LogP contribution < -0.4 is 5.32 Å². The second-order valence-electron chi connectivity index (χ2n) is 6.24.